The van der Waals surface area contributed by atoms with Gasteiger partial charge in [-0.1, -0.05) is 23.2 Å². The summed E-state index contributed by atoms with van der Waals surface area (Å²) in [5.74, 6) is -0.443. The number of rotatable bonds is 4. The number of amides is 1. The minimum Gasteiger partial charge on any atom is -0.390 e. The van der Waals surface area contributed by atoms with Crippen molar-refractivity contribution < 1.29 is 18.0 Å². The second-order valence-corrected chi connectivity index (χ2v) is 6.38. The molecule has 2 aromatic rings. The first-order chi connectivity index (χ1) is 13.1. The topological polar surface area (TPSA) is 92.7 Å². The van der Waals surface area contributed by atoms with Gasteiger partial charge in [-0.15, -0.1) is 0 Å². The third kappa shape index (κ3) is 5.93. The Morgan fingerprint density at radius 3 is 2.54 bits per heavy atom. The van der Waals surface area contributed by atoms with E-state index in [1.165, 1.54) is 19.2 Å². The Balaban J connectivity index is 2.26. The van der Waals surface area contributed by atoms with Crippen molar-refractivity contribution in [3.8, 4) is 0 Å². The number of carbonyl (C=O) groups excluding carboxylic acids is 1. The summed E-state index contributed by atoms with van der Waals surface area (Å²) in [4.78, 5) is 24.4. The van der Waals surface area contributed by atoms with Crippen LogP contribution in [0.5, 0.6) is 0 Å². The fourth-order valence-electron chi connectivity index (χ4n) is 2.09. The Morgan fingerprint density at radius 1 is 1.25 bits per heavy atom. The molecule has 1 aromatic heterocycles. The lowest BCUT2D eigenvalue weighted by molar-refractivity contribution is -0.137. The molecule has 0 aliphatic rings. The standard InChI is InChI=1S/C17H14Cl2F3N5O/c1-9(15(25-8-23)27-14-3-2-12(18)7-24-14)26-16(28)10-4-11(17(20,21)22)6-13(19)5-10/h2-9H,1H3,(H,26,28)(H2,23,24,25,27)/t9-/m0/s1. The summed E-state index contributed by atoms with van der Waals surface area (Å²) >= 11 is 11.5. The number of nitrogens with two attached hydrogens (primary N) is 1. The van der Waals surface area contributed by atoms with Crippen LogP contribution in [-0.2, 0) is 6.18 Å². The monoisotopic (exact) mass is 431 g/mol. The van der Waals surface area contributed by atoms with Crippen LogP contribution in [0.25, 0.3) is 0 Å². The fourth-order valence-corrected chi connectivity index (χ4v) is 2.44. The van der Waals surface area contributed by atoms with Gasteiger partial charge in [0, 0.05) is 16.8 Å². The lowest BCUT2D eigenvalue weighted by Crippen LogP contribution is -2.38. The van der Waals surface area contributed by atoms with E-state index in [1.54, 1.807) is 6.07 Å². The van der Waals surface area contributed by atoms with Gasteiger partial charge in [0.05, 0.1) is 23.0 Å². The van der Waals surface area contributed by atoms with Crippen molar-refractivity contribution in [1.82, 2.24) is 10.3 Å². The number of amidine groups is 1. The summed E-state index contributed by atoms with van der Waals surface area (Å²) < 4.78 is 38.7. The van der Waals surface area contributed by atoms with Gasteiger partial charge in [0.1, 0.15) is 0 Å². The van der Waals surface area contributed by atoms with Gasteiger partial charge >= 0.3 is 6.18 Å². The number of nitrogens with one attached hydrogen (secondary N) is 1. The van der Waals surface area contributed by atoms with Crippen molar-refractivity contribution in [2.75, 3.05) is 0 Å². The van der Waals surface area contributed by atoms with E-state index in [0.717, 1.165) is 18.5 Å². The van der Waals surface area contributed by atoms with Gasteiger partial charge in [0.2, 0.25) is 0 Å². The molecule has 0 fully saturated rings. The predicted molar refractivity (Wildman–Crippen MR) is 102 cm³/mol. The van der Waals surface area contributed by atoms with E-state index in [4.69, 9.17) is 28.9 Å². The average molecular weight is 432 g/mol. The zero-order valence-corrected chi connectivity index (χ0v) is 15.8. The summed E-state index contributed by atoms with van der Waals surface area (Å²) in [7, 11) is 0. The van der Waals surface area contributed by atoms with Gasteiger partial charge < -0.3 is 11.1 Å². The number of hydrogen-bond acceptors (Lipinski definition) is 3. The van der Waals surface area contributed by atoms with Crippen molar-refractivity contribution in [1.29, 1.82) is 0 Å². The Kier molecular flexibility index (Phi) is 6.98. The number of halogens is 5. The van der Waals surface area contributed by atoms with Crippen molar-refractivity contribution in [3.05, 3.63) is 57.7 Å². The minimum atomic E-state index is -4.64. The first-order valence-electron chi connectivity index (χ1n) is 7.73. The summed E-state index contributed by atoms with van der Waals surface area (Å²) in [5.41, 5.74) is 4.02. The summed E-state index contributed by atoms with van der Waals surface area (Å²) in [6.07, 6.45) is -2.29. The smallest absolute Gasteiger partial charge is 0.390 e. The van der Waals surface area contributed by atoms with Crippen molar-refractivity contribution in [2.24, 2.45) is 15.7 Å². The maximum atomic E-state index is 12.9. The maximum Gasteiger partial charge on any atom is 0.416 e. The Bertz CT molecular complexity index is 914. The van der Waals surface area contributed by atoms with Gasteiger partial charge in [-0.2, -0.15) is 13.2 Å². The van der Waals surface area contributed by atoms with Crippen LogP contribution >= 0.6 is 23.2 Å². The number of aliphatic imine (C=N–C) groups is 2. The molecule has 2 rings (SSSR count). The SMILES string of the molecule is C[C@H](NC(=O)c1cc(Cl)cc(C(F)(F)F)c1)C(N=CN)=Nc1ccc(Cl)cn1. The molecule has 0 spiro atoms. The lowest BCUT2D eigenvalue weighted by Gasteiger charge is -2.15. The van der Waals surface area contributed by atoms with Gasteiger partial charge in [0.25, 0.3) is 5.91 Å². The number of aromatic nitrogens is 1. The van der Waals surface area contributed by atoms with Gasteiger partial charge in [-0.25, -0.2) is 15.0 Å². The Hall–Kier alpha value is -2.65. The second-order valence-electron chi connectivity index (χ2n) is 5.50. The summed E-state index contributed by atoms with van der Waals surface area (Å²) in [6, 6.07) is 4.86. The molecule has 1 amide bonds. The first kappa shape index (κ1) is 21.6. The van der Waals surface area contributed by atoms with Crippen LogP contribution in [-0.4, -0.2) is 29.1 Å². The third-order valence-corrected chi connectivity index (χ3v) is 3.81. The van der Waals surface area contributed by atoms with Crippen LogP contribution in [0.15, 0.2) is 46.5 Å². The molecule has 6 nitrogen and oxygen atoms in total. The van der Waals surface area contributed by atoms with Crippen LogP contribution in [0, 0.1) is 0 Å². The molecule has 1 heterocycles. The van der Waals surface area contributed by atoms with Crippen LogP contribution in [0.1, 0.15) is 22.8 Å². The number of alkyl halides is 3. The fraction of sp³-hybridized carbons (Fsp3) is 0.176. The minimum absolute atomic E-state index is 0.0868. The molecule has 28 heavy (non-hydrogen) atoms. The molecular weight excluding hydrogens is 418 g/mol. The third-order valence-electron chi connectivity index (χ3n) is 3.37. The van der Waals surface area contributed by atoms with E-state index in [1.807, 2.05) is 0 Å². The molecule has 1 atom stereocenters. The molecule has 1 aromatic carbocycles. The highest BCUT2D eigenvalue weighted by atomic mass is 35.5. The molecule has 0 radical (unpaired) electrons. The Labute approximate surface area is 168 Å². The molecule has 0 bridgehead atoms. The van der Waals surface area contributed by atoms with E-state index in [0.29, 0.717) is 11.1 Å². The number of nitrogens with zero attached hydrogens (tertiary/aromatic N) is 3. The van der Waals surface area contributed by atoms with Gasteiger partial charge in [-0.05, 0) is 37.3 Å². The number of hydrogen-bond donors (Lipinski definition) is 2. The molecule has 0 aliphatic heterocycles. The Morgan fingerprint density at radius 2 is 1.96 bits per heavy atom. The second kappa shape index (κ2) is 9.03. The largest absolute Gasteiger partial charge is 0.416 e. The summed E-state index contributed by atoms with van der Waals surface area (Å²) in [5, 5.41) is 2.69. The van der Waals surface area contributed by atoms with Crippen LogP contribution in [0.2, 0.25) is 10.0 Å². The molecular formula is C17H14Cl2F3N5O. The molecule has 0 saturated carbocycles. The zero-order chi connectivity index (χ0) is 20.9. The van der Waals surface area contributed by atoms with Crippen molar-refractivity contribution in [3.63, 3.8) is 0 Å². The lowest BCUT2D eigenvalue weighted by atomic mass is 10.1. The molecule has 0 unspecified atom stereocenters. The molecule has 148 valence electrons. The first-order valence-corrected chi connectivity index (χ1v) is 8.49. The average Bonchev–Trinajstić information content (AvgIpc) is 2.61. The number of carbonyl (C=O) groups is 1. The van der Waals surface area contributed by atoms with Crippen molar-refractivity contribution in [2.45, 2.75) is 19.1 Å². The van der Waals surface area contributed by atoms with E-state index in [-0.39, 0.29) is 22.2 Å². The van der Waals surface area contributed by atoms with E-state index in [2.05, 4.69) is 20.3 Å². The van der Waals surface area contributed by atoms with Crippen molar-refractivity contribution >= 4 is 47.1 Å². The molecule has 0 aliphatic carbocycles. The van der Waals surface area contributed by atoms with E-state index >= 15 is 0 Å². The normalized spacial score (nSPS) is 13.6. The van der Waals surface area contributed by atoms with Crippen LogP contribution in [0.3, 0.4) is 0 Å². The van der Waals surface area contributed by atoms with Gasteiger partial charge in [-0.3, -0.25) is 4.79 Å². The van der Waals surface area contributed by atoms with E-state index < -0.39 is 23.7 Å². The number of benzene rings is 1. The number of pyridine rings is 1. The molecule has 0 saturated heterocycles. The maximum absolute atomic E-state index is 12.9. The highest BCUT2D eigenvalue weighted by molar-refractivity contribution is 6.31. The van der Waals surface area contributed by atoms with Gasteiger partial charge in [0.15, 0.2) is 11.7 Å². The van der Waals surface area contributed by atoms with E-state index in [9.17, 15) is 18.0 Å². The quantitative estimate of drug-likeness (QED) is 0.559. The van der Waals surface area contributed by atoms with Crippen LogP contribution < -0.4 is 11.1 Å². The summed E-state index contributed by atoms with van der Waals surface area (Å²) in [6.45, 7) is 1.54. The predicted octanol–water partition coefficient (Wildman–Crippen LogP) is 4.24. The highest BCUT2D eigenvalue weighted by Crippen LogP contribution is 2.31. The highest BCUT2D eigenvalue weighted by Gasteiger charge is 2.32. The molecule has 3 N–H and O–H groups in total. The van der Waals surface area contributed by atoms with Crippen LogP contribution in [0.4, 0.5) is 19.0 Å². The molecule has 11 heteroatoms. The zero-order valence-electron chi connectivity index (χ0n) is 14.3.